The number of hydrogen-bond acceptors (Lipinski definition) is 4. The van der Waals surface area contributed by atoms with E-state index in [9.17, 15) is 4.79 Å². The zero-order valence-corrected chi connectivity index (χ0v) is 25.5. The van der Waals surface area contributed by atoms with Gasteiger partial charge < -0.3 is 13.9 Å². The lowest BCUT2D eigenvalue weighted by molar-refractivity contribution is -0.129. The molecule has 2 aliphatic heterocycles. The van der Waals surface area contributed by atoms with Crippen LogP contribution in [-0.2, 0) is 18.7 Å². The molecule has 5 rings (SSSR count). The molecule has 5 aliphatic rings. The molecule has 0 bridgehead atoms. The highest BCUT2D eigenvalue weighted by Crippen LogP contribution is 2.74. The molecule has 202 valence electrons. The predicted molar refractivity (Wildman–Crippen MR) is 147 cm³/mol. The number of carbonyl (C=O) groups is 1. The number of ether oxygens (including phenoxy) is 2. The van der Waals surface area contributed by atoms with Crippen molar-refractivity contribution in [2.24, 2.45) is 17.3 Å². The van der Waals surface area contributed by atoms with Gasteiger partial charge in [-0.2, -0.15) is 0 Å². The highest BCUT2D eigenvalue weighted by atomic mass is 28.4. The van der Waals surface area contributed by atoms with Gasteiger partial charge in [0.15, 0.2) is 5.78 Å². The molecule has 0 amide bonds. The van der Waals surface area contributed by atoms with Crippen LogP contribution < -0.4 is 0 Å². The van der Waals surface area contributed by atoms with Crippen molar-refractivity contribution in [1.29, 1.82) is 0 Å². The van der Waals surface area contributed by atoms with Crippen molar-refractivity contribution >= 4 is 14.1 Å². The number of rotatable bonds is 6. The van der Waals surface area contributed by atoms with E-state index in [4.69, 9.17) is 13.9 Å². The highest BCUT2D eigenvalue weighted by Gasteiger charge is 2.72. The molecule has 2 spiro atoms. The van der Waals surface area contributed by atoms with Gasteiger partial charge in [-0.25, -0.2) is 0 Å². The molecule has 3 fully saturated rings. The van der Waals surface area contributed by atoms with E-state index in [2.05, 4.69) is 69.2 Å². The largest absolute Gasteiger partial charge is 0.487 e. The summed E-state index contributed by atoms with van der Waals surface area (Å²) < 4.78 is 21.5. The Morgan fingerprint density at radius 3 is 2.11 bits per heavy atom. The maximum atomic E-state index is 13.1. The Bertz CT molecular complexity index is 969. The van der Waals surface area contributed by atoms with Crippen LogP contribution in [-0.4, -0.2) is 37.0 Å². The van der Waals surface area contributed by atoms with Crippen molar-refractivity contribution in [2.75, 3.05) is 0 Å². The zero-order chi connectivity index (χ0) is 26.5. The normalized spacial score (nSPS) is 39.2. The number of allylic oxidation sites excluding steroid dienone is 2. The minimum atomic E-state index is -2.11. The molecule has 0 N–H and O–H groups in total. The van der Waals surface area contributed by atoms with Gasteiger partial charge in [0, 0.05) is 17.9 Å². The van der Waals surface area contributed by atoms with Gasteiger partial charge in [-0.15, -0.1) is 0 Å². The van der Waals surface area contributed by atoms with Crippen LogP contribution in [0.4, 0.5) is 0 Å². The number of hydrogen-bond donors (Lipinski definition) is 0. The number of fused-ring (bicyclic) bond motifs is 3. The van der Waals surface area contributed by atoms with Gasteiger partial charge >= 0.3 is 0 Å². The average Bonchev–Trinajstić information content (AvgIpc) is 3.39. The van der Waals surface area contributed by atoms with Crippen LogP contribution in [0.5, 0.6) is 0 Å². The average molecular weight is 515 g/mol. The minimum Gasteiger partial charge on any atom is -0.487 e. The van der Waals surface area contributed by atoms with Crippen molar-refractivity contribution in [2.45, 2.75) is 147 Å². The van der Waals surface area contributed by atoms with Crippen molar-refractivity contribution in [3.8, 4) is 0 Å². The van der Waals surface area contributed by atoms with Gasteiger partial charge in [0.05, 0.1) is 11.7 Å². The first kappa shape index (κ1) is 26.7. The van der Waals surface area contributed by atoms with Crippen LogP contribution in [0, 0.1) is 17.3 Å². The Labute approximate surface area is 220 Å². The molecule has 5 heteroatoms. The minimum absolute atomic E-state index is 0.0382. The predicted octanol–water partition coefficient (Wildman–Crippen LogP) is 7.88. The molecule has 1 saturated heterocycles. The standard InChI is InChI=1S/C31H50O4Si/c1-19(2)29-15-16-30(25(29)17-29)13-11-23-24(32)12-14-31(27(23)33-30)18-26(28(9,10)35-31)34-36(20(3)4,21(5)6)22(7)8/h12,14,19-22,25-26H,11,13,15-18H2,1-10H3/t25-,26-,29+,30-,31+/m1/s1. The van der Waals surface area contributed by atoms with Gasteiger partial charge in [0.25, 0.3) is 0 Å². The summed E-state index contributed by atoms with van der Waals surface area (Å²) in [6.45, 7) is 23.2. The Balaban J connectivity index is 1.49. The van der Waals surface area contributed by atoms with E-state index in [1.54, 1.807) is 6.08 Å². The van der Waals surface area contributed by atoms with Gasteiger partial charge in [-0.05, 0) is 86.1 Å². The summed E-state index contributed by atoms with van der Waals surface area (Å²) in [6, 6.07) is 0. The first-order chi connectivity index (χ1) is 16.7. The molecule has 3 aliphatic carbocycles. The zero-order valence-electron chi connectivity index (χ0n) is 24.5. The van der Waals surface area contributed by atoms with E-state index in [1.165, 1.54) is 12.8 Å². The van der Waals surface area contributed by atoms with Crippen LogP contribution in [0.3, 0.4) is 0 Å². The van der Waals surface area contributed by atoms with Crippen LogP contribution >= 0.6 is 0 Å². The summed E-state index contributed by atoms with van der Waals surface area (Å²) in [6.07, 6.45) is 9.85. The molecule has 0 aromatic carbocycles. The lowest BCUT2D eigenvalue weighted by atomic mass is 9.78. The molecule has 0 unspecified atom stereocenters. The Morgan fingerprint density at radius 1 is 0.944 bits per heavy atom. The lowest BCUT2D eigenvalue weighted by Gasteiger charge is -2.46. The summed E-state index contributed by atoms with van der Waals surface area (Å²) in [5.41, 5.74) is 1.53. The molecule has 2 heterocycles. The van der Waals surface area contributed by atoms with E-state index < -0.39 is 19.5 Å². The maximum Gasteiger partial charge on any atom is 0.200 e. The summed E-state index contributed by atoms with van der Waals surface area (Å²) in [4.78, 5) is 13.1. The van der Waals surface area contributed by atoms with Crippen molar-refractivity contribution in [1.82, 2.24) is 0 Å². The Morgan fingerprint density at radius 2 is 1.58 bits per heavy atom. The van der Waals surface area contributed by atoms with Crippen LogP contribution in [0.25, 0.3) is 0 Å². The van der Waals surface area contributed by atoms with E-state index in [-0.39, 0.29) is 17.5 Å². The van der Waals surface area contributed by atoms with Crippen molar-refractivity contribution < 1.29 is 18.7 Å². The summed E-state index contributed by atoms with van der Waals surface area (Å²) in [5.74, 6) is 2.23. The molecule has 0 aromatic rings. The van der Waals surface area contributed by atoms with Crippen molar-refractivity contribution in [3.63, 3.8) is 0 Å². The van der Waals surface area contributed by atoms with Gasteiger partial charge in [-0.3, -0.25) is 4.79 Å². The van der Waals surface area contributed by atoms with Gasteiger partial charge in [0.1, 0.15) is 17.0 Å². The fourth-order valence-corrected chi connectivity index (χ4v) is 14.9. The fourth-order valence-electron chi connectivity index (χ4n) is 9.18. The molecule has 36 heavy (non-hydrogen) atoms. The SMILES string of the molecule is CC(C)[C@@]12CC[C@]3(CCC4=C(O3)[C@]3(C=CC4=O)C[C@@H](O[Si](C(C)C)(C(C)C)C(C)C)C(C)(C)O3)[C@@H]1C2. The topological polar surface area (TPSA) is 44.8 Å². The molecule has 0 aromatic heterocycles. The van der Waals surface area contributed by atoms with Crippen LogP contribution in [0.2, 0.25) is 16.6 Å². The van der Waals surface area contributed by atoms with Crippen LogP contribution in [0.15, 0.2) is 23.5 Å². The van der Waals surface area contributed by atoms with E-state index >= 15 is 0 Å². The molecule has 2 saturated carbocycles. The number of carbonyl (C=O) groups excluding carboxylic acids is 1. The first-order valence-corrected chi connectivity index (χ1v) is 16.8. The van der Waals surface area contributed by atoms with Crippen molar-refractivity contribution in [3.05, 3.63) is 23.5 Å². The maximum absolute atomic E-state index is 13.1. The second kappa shape index (κ2) is 8.29. The Hall–Kier alpha value is -0.913. The lowest BCUT2D eigenvalue weighted by Crippen LogP contribution is -2.53. The second-order valence-electron chi connectivity index (χ2n) is 14.5. The molecule has 5 atom stereocenters. The third-order valence-corrected chi connectivity index (χ3v) is 17.3. The van der Waals surface area contributed by atoms with Gasteiger partial charge in [0.2, 0.25) is 8.32 Å². The van der Waals surface area contributed by atoms with Gasteiger partial charge in [-0.1, -0.05) is 55.4 Å². The quantitative estimate of drug-likeness (QED) is 0.338. The van der Waals surface area contributed by atoms with E-state index in [0.717, 1.165) is 37.0 Å². The molecule has 4 nitrogen and oxygen atoms in total. The summed E-state index contributed by atoms with van der Waals surface area (Å²) >= 11 is 0. The third-order valence-electron chi connectivity index (χ3n) is 11.2. The highest BCUT2D eigenvalue weighted by molar-refractivity contribution is 6.77. The first-order valence-electron chi connectivity index (χ1n) is 14.7. The monoisotopic (exact) mass is 514 g/mol. The fraction of sp³-hybridized carbons (Fsp3) is 0.839. The third kappa shape index (κ3) is 3.54. The summed E-state index contributed by atoms with van der Waals surface area (Å²) in [7, 11) is -2.11. The second-order valence-corrected chi connectivity index (χ2v) is 19.9. The van der Waals surface area contributed by atoms with Crippen LogP contribution in [0.1, 0.15) is 108 Å². The molecular formula is C31H50O4Si. The smallest absolute Gasteiger partial charge is 0.200 e. The van der Waals surface area contributed by atoms with E-state index in [1.807, 2.05) is 6.08 Å². The number of ketones is 1. The Kier molecular flexibility index (Phi) is 6.15. The molecule has 0 radical (unpaired) electrons. The summed E-state index contributed by atoms with van der Waals surface area (Å²) in [5, 5.41) is 0. The molecular weight excluding hydrogens is 464 g/mol. The van der Waals surface area contributed by atoms with E-state index in [0.29, 0.717) is 33.9 Å².